The van der Waals surface area contributed by atoms with E-state index in [1.54, 1.807) is 0 Å². The second-order valence-electron chi connectivity index (χ2n) is 4.29. The summed E-state index contributed by atoms with van der Waals surface area (Å²) < 4.78 is 0. The van der Waals surface area contributed by atoms with Crippen LogP contribution >= 0.6 is 11.6 Å². The van der Waals surface area contributed by atoms with Gasteiger partial charge >= 0.3 is 5.97 Å². The molecule has 1 aliphatic carbocycles. The molecule has 0 radical (unpaired) electrons. The largest absolute Gasteiger partial charge is 0.506 e. The maximum atomic E-state index is 11.8. The lowest BCUT2D eigenvalue weighted by Crippen LogP contribution is -2.42. The Morgan fingerprint density at radius 3 is 2.56 bits per heavy atom. The van der Waals surface area contributed by atoms with Crippen LogP contribution in [0.3, 0.4) is 0 Å². The smallest absolute Gasteiger partial charge is 0.326 e. The normalized spacial score (nSPS) is 16.1. The van der Waals surface area contributed by atoms with E-state index in [9.17, 15) is 14.7 Å². The molecule has 5 nitrogen and oxygen atoms in total. The van der Waals surface area contributed by atoms with Gasteiger partial charge in [0.15, 0.2) is 0 Å². The average Bonchev–Trinajstić information content (AvgIpc) is 3.13. The van der Waals surface area contributed by atoms with Gasteiger partial charge < -0.3 is 15.5 Å². The molecule has 96 valence electrons. The molecule has 0 bridgehead atoms. The SMILES string of the molecule is O=C(NC(C(=O)O)C1CC1)c1ccc(O)c(Cl)c1. The highest BCUT2D eigenvalue weighted by atomic mass is 35.5. The van der Waals surface area contributed by atoms with E-state index in [4.69, 9.17) is 16.7 Å². The van der Waals surface area contributed by atoms with Gasteiger partial charge in [-0.2, -0.15) is 0 Å². The third-order valence-electron chi connectivity index (χ3n) is 2.86. The molecule has 1 aromatic carbocycles. The Kier molecular flexibility index (Phi) is 3.43. The minimum absolute atomic E-state index is 0.0130. The molecule has 1 fully saturated rings. The zero-order valence-electron chi connectivity index (χ0n) is 9.39. The van der Waals surface area contributed by atoms with E-state index in [-0.39, 0.29) is 22.3 Å². The lowest BCUT2D eigenvalue weighted by Gasteiger charge is -2.13. The van der Waals surface area contributed by atoms with Crippen molar-refractivity contribution >= 4 is 23.5 Å². The Morgan fingerprint density at radius 1 is 1.39 bits per heavy atom. The molecular weight excluding hydrogens is 258 g/mol. The monoisotopic (exact) mass is 269 g/mol. The lowest BCUT2D eigenvalue weighted by molar-refractivity contribution is -0.139. The number of halogens is 1. The summed E-state index contributed by atoms with van der Waals surface area (Å²) in [5.41, 5.74) is 0.227. The van der Waals surface area contributed by atoms with Crippen molar-refractivity contribution in [1.29, 1.82) is 0 Å². The molecule has 1 aliphatic rings. The second-order valence-corrected chi connectivity index (χ2v) is 4.70. The first-order chi connectivity index (χ1) is 8.49. The maximum Gasteiger partial charge on any atom is 0.326 e. The number of hydrogen-bond acceptors (Lipinski definition) is 3. The average molecular weight is 270 g/mol. The number of carboxylic acids is 1. The van der Waals surface area contributed by atoms with Crippen molar-refractivity contribution in [3.63, 3.8) is 0 Å². The van der Waals surface area contributed by atoms with Gasteiger partial charge in [-0.1, -0.05) is 11.6 Å². The molecule has 18 heavy (non-hydrogen) atoms. The summed E-state index contributed by atoms with van der Waals surface area (Å²) >= 11 is 5.69. The highest BCUT2D eigenvalue weighted by Gasteiger charge is 2.37. The Bertz CT molecular complexity index is 499. The third-order valence-corrected chi connectivity index (χ3v) is 3.16. The predicted molar refractivity (Wildman–Crippen MR) is 64.7 cm³/mol. The number of amides is 1. The highest BCUT2D eigenvalue weighted by Crippen LogP contribution is 2.33. The lowest BCUT2D eigenvalue weighted by atomic mass is 10.1. The predicted octanol–water partition coefficient (Wildman–Crippen LogP) is 1.64. The van der Waals surface area contributed by atoms with Gasteiger partial charge in [0.2, 0.25) is 0 Å². The summed E-state index contributed by atoms with van der Waals surface area (Å²) in [5, 5.41) is 20.8. The topological polar surface area (TPSA) is 86.6 Å². The van der Waals surface area contributed by atoms with Gasteiger partial charge in [-0.25, -0.2) is 4.79 Å². The molecule has 1 amide bonds. The maximum absolute atomic E-state index is 11.8. The van der Waals surface area contributed by atoms with Crippen LogP contribution in [-0.2, 0) is 4.79 Å². The molecule has 2 rings (SSSR count). The van der Waals surface area contributed by atoms with Crippen molar-refractivity contribution in [2.75, 3.05) is 0 Å². The van der Waals surface area contributed by atoms with E-state index in [2.05, 4.69) is 5.32 Å². The number of aromatic hydroxyl groups is 1. The van der Waals surface area contributed by atoms with E-state index in [1.807, 2.05) is 0 Å². The van der Waals surface area contributed by atoms with Crippen LogP contribution in [0.1, 0.15) is 23.2 Å². The van der Waals surface area contributed by atoms with Gasteiger partial charge in [0.25, 0.3) is 5.91 Å². The summed E-state index contributed by atoms with van der Waals surface area (Å²) in [5.74, 6) is -1.64. The minimum atomic E-state index is -1.03. The molecule has 0 heterocycles. The Labute approximate surface area is 108 Å². The highest BCUT2D eigenvalue weighted by molar-refractivity contribution is 6.32. The number of rotatable bonds is 4. The van der Waals surface area contributed by atoms with Crippen LogP contribution in [0, 0.1) is 5.92 Å². The van der Waals surface area contributed by atoms with Crippen LogP contribution in [0.5, 0.6) is 5.75 Å². The van der Waals surface area contributed by atoms with E-state index in [0.717, 1.165) is 12.8 Å². The number of phenols is 1. The zero-order chi connectivity index (χ0) is 13.3. The van der Waals surface area contributed by atoms with Gasteiger partial charge in [-0.15, -0.1) is 0 Å². The molecule has 1 saturated carbocycles. The molecule has 0 spiro atoms. The number of carbonyl (C=O) groups is 2. The van der Waals surface area contributed by atoms with Crippen molar-refractivity contribution in [3.8, 4) is 5.75 Å². The zero-order valence-corrected chi connectivity index (χ0v) is 10.1. The number of carbonyl (C=O) groups excluding carboxylic acids is 1. The summed E-state index contributed by atoms with van der Waals surface area (Å²) in [6.45, 7) is 0. The van der Waals surface area contributed by atoms with Crippen LogP contribution in [0.2, 0.25) is 5.02 Å². The van der Waals surface area contributed by atoms with Crippen molar-refractivity contribution in [3.05, 3.63) is 28.8 Å². The molecule has 1 unspecified atom stereocenters. The van der Waals surface area contributed by atoms with Gasteiger partial charge in [0.1, 0.15) is 11.8 Å². The van der Waals surface area contributed by atoms with E-state index < -0.39 is 17.9 Å². The van der Waals surface area contributed by atoms with Crippen molar-refractivity contribution < 1.29 is 19.8 Å². The molecular formula is C12H12ClNO4. The number of phenolic OH excluding ortho intramolecular Hbond substituents is 1. The quantitative estimate of drug-likeness (QED) is 0.775. The van der Waals surface area contributed by atoms with Crippen LogP contribution in [0.4, 0.5) is 0 Å². The number of carboxylic acid groups (broad SMARTS) is 1. The Morgan fingerprint density at radius 2 is 2.06 bits per heavy atom. The summed E-state index contributed by atoms with van der Waals surface area (Å²) in [6.07, 6.45) is 1.63. The molecule has 0 aliphatic heterocycles. The number of nitrogens with one attached hydrogen (secondary N) is 1. The first-order valence-corrected chi connectivity index (χ1v) is 5.89. The molecule has 1 aromatic rings. The fraction of sp³-hybridized carbons (Fsp3) is 0.333. The molecule has 0 saturated heterocycles. The molecule has 3 N–H and O–H groups in total. The minimum Gasteiger partial charge on any atom is -0.506 e. The number of aliphatic carboxylic acids is 1. The summed E-state index contributed by atoms with van der Waals surface area (Å²) in [6, 6.07) is 3.13. The van der Waals surface area contributed by atoms with Crippen LogP contribution in [0.15, 0.2) is 18.2 Å². The first-order valence-electron chi connectivity index (χ1n) is 5.51. The molecule has 6 heteroatoms. The van der Waals surface area contributed by atoms with E-state index in [1.165, 1.54) is 18.2 Å². The van der Waals surface area contributed by atoms with Crippen LogP contribution < -0.4 is 5.32 Å². The van der Waals surface area contributed by atoms with E-state index in [0.29, 0.717) is 0 Å². The Hall–Kier alpha value is -1.75. The molecule has 0 aromatic heterocycles. The van der Waals surface area contributed by atoms with E-state index >= 15 is 0 Å². The van der Waals surface area contributed by atoms with Crippen molar-refractivity contribution in [2.24, 2.45) is 5.92 Å². The fourth-order valence-electron chi connectivity index (χ4n) is 1.68. The van der Waals surface area contributed by atoms with Crippen molar-refractivity contribution in [1.82, 2.24) is 5.32 Å². The Balaban J connectivity index is 2.10. The van der Waals surface area contributed by atoms with Gasteiger partial charge in [-0.3, -0.25) is 4.79 Å². The van der Waals surface area contributed by atoms with Gasteiger partial charge in [0, 0.05) is 5.56 Å². The standard InChI is InChI=1S/C12H12ClNO4/c13-8-5-7(3-4-9(8)15)11(16)14-10(12(17)18)6-1-2-6/h3-6,10,15H,1-2H2,(H,14,16)(H,17,18). The third kappa shape index (κ3) is 2.73. The summed E-state index contributed by atoms with van der Waals surface area (Å²) in [7, 11) is 0. The van der Waals surface area contributed by atoms with Crippen LogP contribution in [-0.4, -0.2) is 28.1 Å². The fourth-order valence-corrected chi connectivity index (χ4v) is 1.86. The number of hydrogen-bond donors (Lipinski definition) is 3. The second kappa shape index (κ2) is 4.86. The molecule has 1 atom stereocenters. The van der Waals surface area contributed by atoms with Gasteiger partial charge in [0.05, 0.1) is 5.02 Å². The van der Waals surface area contributed by atoms with Crippen molar-refractivity contribution in [2.45, 2.75) is 18.9 Å². The van der Waals surface area contributed by atoms with Crippen LogP contribution in [0.25, 0.3) is 0 Å². The summed E-state index contributed by atoms with van der Waals surface area (Å²) in [4.78, 5) is 22.8. The first kappa shape index (κ1) is 12.7. The number of benzene rings is 1. The van der Waals surface area contributed by atoms with Gasteiger partial charge in [-0.05, 0) is 37.0 Å².